The minimum atomic E-state index is -0.448. The number of hydrogen-bond donors (Lipinski definition) is 1. The van der Waals surface area contributed by atoms with Crippen LogP contribution in [0.5, 0.6) is 0 Å². The Labute approximate surface area is 136 Å². The third-order valence-corrected chi connectivity index (χ3v) is 3.32. The maximum atomic E-state index is 10.7. The topological polar surface area (TPSA) is 94.1 Å². The van der Waals surface area contributed by atoms with Crippen molar-refractivity contribution >= 4 is 23.0 Å². The molecule has 0 amide bonds. The molecule has 0 bridgehead atoms. The number of nitro benzene ring substituents is 1. The lowest BCUT2D eigenvalue weighted by Crippen LogP contribution is -2.00. The van der Waals surface area contributed by atoms with Gasteiger partial charge in [-0.25, -0.2) is 0 Å². The van der Waals surface area contributed by atoms with Crippen molar-refractivity contribution in [2.45, 2.75) is 6.54 Å². The first-order valence-corrected chi connectivity index (χ1v) is 7.06. The first kappa shape index (κ1) is 15.0. The minimum absolute atomic E-state index is 0.0161. The molecule has 1 aromatic heterocycles. The second kappa shape index (κ2) is 6.45. The van der Waals surface area contributed by atoms with Gasteiger partial charge >= 0.3 is 0 Å². The van der Waals surface area contributed by atoms with Crippen LogP contribution in [-0.4, -0.2) is 15.1 Å². The summed E-state index contributed by atoms with van der Waals surface area (Å²) in [6.45, 7) is 0.266. The van der Waals surface area contributed by atoms with Crippen LogP contribution >= 0.6 is 11.6 Å². The van der Waals surface area contributed by atoms with Gasteiger partial charge in [-0.05, 0) is 30.3 Å². The Bertz CT molecular complexity index is 833. The molecule has 2 aromatic carbocycles. The molecule has 0 saturated heterocycles. The van der Waals surface area contributed by atoms with Crippen molar-refractivity contribution in [2.75, 3.05) is 5.32 Å². The number of non-ortho nitro benzene ring substituents is 1. The second-order valence-corrected chi connectivity index (χ2v) is 5.12. The highest BCUT2D eigenvalue weighted by atomic mass is 35.5. The predicted octanol–water partition coefficient (Wildman–Crippen LogP) is 3.91. The van der Waals surface area contributed by atoms with Crippen molar-refractivity contribution in [3.8, 4) is 11.4 Å². The summed E-state index contributed by atoms with van der Waals surface area (Å²) in [4.78, 5) is 14.6. The summed E-state index contributed by atoms with van der Waals surface area (Å²) >= 11 is 5.83. The van der Waals surface area contributed by atoms with Crippen molar-refractivity contribution in [2.24, 2.45) is 0 Å². The van der Waals surface area contributed by atoms with Crippen molar-refractivity contribution in [1.82, 2.24) is 10.1 Å². The van der Waals surface area contributed by atoms with Crippen LogP contribution in [0.3, 0.4) is 0 Å². The first-order chi connectivity index (χ1) is 11.1. The molecule has 0 unspecified atom stereocenters. The van der Waals surface area contributed by atoms with Crippen molar-refractivity contribution in [3.63, 3.8) is 0 Å². The number of hydrogen-bond acceptors (Lipinski definition) is 6. The summed E-state index contributed by atoms with van der Waals surface area (Å²) in [5.41, 5.74) is 1.41. The van der Waals surface area contributed by atoms with Gasteiger partial charge in [-0.1, -0.05) is 22.8 Å². The van der Waals surface area contributed by atoms with E-state index in [0.717, 1.165) is 5.56 Å². The summed E-state index contributed by atoms with van der Waals surface area (Å²) in [6.07, 6.45) is 0. The fourth-order valence-electron chi connectivity index (χ4n) is 1.95. The number of rotatable bonds is 5. The van der Waals surface area contributed by atoms with E-state index in [1.807, 2.05) is 0 Å². The van der Waals surface area contributed by atoms with Crippen LogP contribution in [0.25, 0.3) is 11.4 Å². The zero-order chi connectivity index (χ0) is 16.2. The Morgan fingerprint density at radius 2 is 2.00 bits per heavy atom. The molecular formula is C15H11ClN4O3. The van der Waals surface area contributed by atoms with Gasteiger partial charge in [0.05, 0.1) is 11.5 Å². The second-order valence-electron chi connectivity index (χ2n) is 4.68. The Kier molecular flexibility index (Phi) is 4.20. The van der Waals surface area contributed by atoms with Crippen LogP contribution in [0, 0.1) is 10.1 Å². The zero-order valence-corrected chi connectivity index (χ0v) is 12.5. The van der Waals surface area contributed by atoms with E-state index in [4.69, 9.17) is 16.1 Å². The molecule has 1 N–H and O–H groups in total. The van der Waals surface area contributed by atoms with Gasteiger partial charge in [-0.3, -0.25) is 10.1 Å². The standard InChI is InChI=1S/C15H11ClN4O3/c16-11-6-4-10(5-7-11)15-18-14(23-19-15)9-17-12-2-1-3-13(8-12)20(21)22/h1-8,17H,9H2. The average Bonchev–Trinajstić information content (AvgIpc) is 3.03. The summed E-state index contributed by atoms with van der Waals surface area (Å²) in [7, 11) is 0. The van der Waals surface area contributed by atoms with Gasteiger partial charge in [-0.2, -0.15) is 4.98 Å². The fraction of sp³-hybridized carbons (Fsp3) is 0.0667. The van der Waals surface area contributed by atoms with E-state index >= 15 is 0 Å². The van der Waals surface area contributed by atoms with Gasteiger partial charge in [0.25, 0.3) is 5.69 Å². The Balaban J connectivity index is 1.69. The Hall–Kier alpha value is -2.93. The third kappa shape index (κ3) is 3.64. The SMILES string of the molecule is O=[N+]([O-])c1cccc(NCc2nc(-c3ccc(Cl)cc3)no2)c1. The molecular weight excluding hydrogens is 320 g/mol. The van der Waals surface area contributed by atoms with Crippen molar-refractivity contribution < 1.29 is 9.45 Å². The summed E-state index contributed by atoms with van der Waals surface area (Å²) in [6, 6.07) is 13.3. The smallest absolute Gasteiger partial charge is 0.271 e. The number of nitrogens with zero attached hydrogens (tertiary/aromatic N) is 3. The van der Waals surface area contributed by atoms with Crippen LogP contribution < -0.4 is 5.32 Å². The molecule has 1 heterocycles. The molecule has 3 rings (SSSR count). The van der Waals surface area contributed by atoms with Crippen LogP contribution in [-0.2, 0) is 6.54 Å². The number of anilines is 1. The van der Waals surface area contributed by atoms with Gasteiger partial charge in [0.1, 0.15) is 0 Å². The molecule has 3 aromatic rings. The highest BCUT2D eigenvalue weighted by molar-refractivity contribution is 6.30. The van der Waals surface area contributed by atoms with E-state index in [9.17, 15) is 10.1 Å². The molecule has 0 spiro atoms. The number of nitro groups is 1. The summed E-state index contributed by atoms with van der Waals surface area (Å²) in [5, 5.41) is 18.3. The zero-order valence-electron chi connectivity index (χ0n) is 11.8. The van der Waals surface area contributed by atoms with E-state index in [1.165, 1.54) is 12.1 Å². The monoisotopic (exact) mass is 330 g/mol. The molecule has 23 heavy (non-hydrogen) atoms. The molecule has 116 valence electrons. The lowest BCUT2D eigenvalue weighted by molar-refractivity contribution is -0.384. The molecule has 0 atom stereocenters. The van der Waals surface area contributed by atoms with Crippen molar-refractivity contribution in [3.05, 3.63) is 69.6 Å². The van der Waals surface area contributed by atoms with Gasteiger partial charge in [-0.15, -0.1) is 0 Å². The normalized spacial score (nSPS) is 10.5. The molecule has 8 heteroatoms. The largest absolute Gasteiger partial charge is 0.376 e. The van der Waals surface area contributed by atoms with E-state index in [1.54, 1.807) is 36.4 Å². The quantitative estimate of drug-likeness (QED) is 0.563. The van der Waals surface area contributed by atoms with Crippen LogP contribution in [0.4, 0.5) is 11.4 Å². The summed E-state index contributed by atoms with van der Waals surface area (Å²) in [5.74, 6) is 0.832. The molecule has 0 saturated carbocycles. The molecule has 0 aliphatic heterocycles. The number of benzene rings is 2. The van der Waals surface area contributed by atoms with Crippen LogP contribution in [0.15, 0.2) is 53.1 Å². The predicted molar refractivity (Wildman–Crippen MR) is 85.2 cm³/mol. The highest BCUT2D eigenvalue weighted by Crippen LogP contribution is 2.20. The van der Waals surface area contributed by atoms with Crippen molar-refractivity contribution in [1.29, 1.82) is 0 Å². The van der Waals surface area contributed by atoms with E-state index in [2.05, 4.69) is 15.5 Å². The van der Waals surface area contributed by atoms with Gasteiger partial charge in [0, 0.05) is 28.4 Å². The third-order valence-electron chi connectivity index (χ3n) is 3.07. The van der Waals surface area contributed by atoms with Crippen LogP contribution in [0.2, 0.25) is 5.02 Å². The van der Waals surface area contributed by atoms with Crippen LogP contribution in [0.1, 0.15) is 5.89 Å². The Morgan fingerprint density at radius 1 is 1.22 bits per heavy atom. The van der Waals surface area contributed by atoms with Gasteiger partial charge in [0.15, 0.2) is 0 Å². The number of aromatic nitrogens is 2. The average molecular weight is 331 g/mol. The summed E-state index contributed by atoms with van der Waals surface area (Å²) < 4.78 is 5.16. The number of halogens is 1. The van der Waals surface area contributed by atoms with Gasteiger partial charge in [0.2, 0.25) is 11.7 Å². The lowest BCUT2D eigenvalue weighted by atomic mass is 10.2. The van der Waals surface area contributed by atoms with Gasteiger partial charge < -0.3 is 9.84 Å². The fourth-order valence-corrected chi connectivity index (χ4v) is 2.08. The maximum absolute atomic E-state index is 10.7. The number of nitrogens with one attached hydrogen (secondary N) is 1. The highest BCUT2D eigenvalue weighted by Gasteiger charge is 2.10. The minimum Gasteiger partial charge on any atom is -0.376 e. The molecule has 0 fully saturated rings. The molecule has 7 nitrogen and oxygen atoms in total. The first-order valence-electron chi connectivity index (χ1n) is 6.69. The Morgan fingerprint density at radius 3 is 2.74 bits per heavy atom. The van der Waals surface area contributed by atoms with E-state index < -0.39 is 4.92 Å². The van der Waals surface area contributed by atoms with E-state index in [0.29, 0.717) is 22.4 Å². The lowest BCUT2D eigenvalue weighted by Gasteiger charge is -2.02. The van der Waals surface area contributed by atoms with E-state index in [-0.39, 0.29) is 12.2 Å². The molecule has 0 aliphatic carbocycles. The maximum Gasteiger partial charge on any atom is 0.271 e. The molecule has 0 aliphatic rings. The molecule has 0 radical (unpaired) electrons.